The molecule has 27 heavy (non-hydrogen) atoms. The molecule has 2 atom stereocenters. The van der Waals surface area contributed by atoms with Crippen LogP contribution in [0.5, 0.6) is 0 Å². The molecule has 0 radical (unpaired) electrons. The van der Waals surface area contributed by atoms with Crippen LogP contribution in [0.25, 0.3) is 0 Å². The molecule has 0 aliphatic carbocycles. The Labute approximate surface area is 159 Å². The van der Waals surface area contributed by atoms with Crippen LogP contribution in [0.1, 0.15) is 46.3 Å². The number of rotatable bonds is 4. The normalized spacial score (nSPS) is 24.0. The smallest absolute Gasteiger partial charge is 0.259 e. The summed E-state index contributed by atoms with van der Waals surface area (Å²) < 4.78 is 10.8. The first kappa shape index (κ1) is 18.1. The number of amides is 1. The summed E-state index contributed by atoms with van der Waals surface area (Å²) in [4.78, 5) is 21.5. The van der Waals surface area contributed by atoms with E-state index in [1.165, 1.54) is 5.56 Å². The Balaban J connectivity index is 1.41. The van der Waals surface area contributed by atoms with Gasteiger partial charge in [0.15, 0.2) is 0 Å². The first-order valence-electron chi connectivity index (χ1n) is 9.50. The third-order valence-electron chi connectivity index (χ3n) is 5.90. The molecule has 1 amide bonds. The molecule has 0 N–H and O–H groups in total. The minimum absolute atomic E-state index is 0.0342. The second kappa shape index (κ2) is 7.40. The second-order valence-electron chi connectivity index (χ2n) is 7.42. The van der Waals surface area contributed by atoms with Crippen molar-refractivity contribution in [1.29, 1.82) is 0 Å². The molecular weight excluding hydrogens is 344 g/mol. The molecule has 2 aromatic heterocycles. The number of hydrogen-bond donors (Lipinski definition) is 0. The lowest BCUT2D eigenvalue weighted by molar-refractivity contribution is -0.115. The van der Waals surface area contributed by atoms with Crippen LogP contribution < -0.4 is 0 Å². The molecule has 7 heteroatoms. The van der Waals surface area contributed by atoms with E-state index in [9.17, 15) is 4.79 Å². The van der Waals surface area contributed by atoms with Crippen LogP contribution in [0.4, 0.5) is 0 Å². The number of aromatic nitrogens is 2. The van der Waals surface area contributed by atoms with E-state index in [-0.39, 0.29) is 18.1 Å². The van der Waals surface area contributed by atoms with Gasteiger partial charge in [-0.3, -0.25) is 14.7 Å². The Kier molecular flexibility index (Phi) is 4.97. The minimum atomic E-state index is 0.0342. The maximum absolute atomic E-state index is 12.8. The van der Waals surface area contributed by atoms with Crippen LogP contribution in [0.3, 0.4) is 0 Å². The van der Waals surface area contributed by atoms with Gasteiger partial charge in [0.25, 0.3) is 5.91 Å². The SMILES string of the molecule is CO[C@H]1CN(C2CCN(C(=O)c3c(C)noc3C)CC2)[C@H]1c1cccnc1. The average molecular weight is 370 g/mol. The van der Waals surface area contributed by atoms with Gasteiger partial charge in [0, 0.05) is 45.2 Å². The van der Waals surface area contributed by atoms with Gasteiger partial charge in [-0.15, -0.1) is 0 Å². The highest BCUT2D eigenvalue weighted by Crippen LogP contribution is 2.39. The lowest BCUT2D eigenvalue weighted by Crippen LogP contribution is -2.60. The standard InChI is InChI=1S/C20H26N4O3/c1-13-18(14(2)27-22-13)20(25)23-9-6-16(7-10-23)24-12-17(26-3)19(24)15-5-4-8-21-11-15/h4-5,8,11,16-17,19H,6-7,9-10,12H2,1-3H3/t17-,19-/m0/s1. The largest absolute Gasteiger partial charge is 0.378 e. The number of carbonyl (C=O) groups is 1. The highest BCUT2D eigenvalue weighted by atomic mass is 16.5. The van der Waals surface area contributed by atoms with Crippen molar-refractivity contribution in [2.45, 2.75) is 44.9 Å². The number of carbonyl (C=O) groups excluding carboxylic acids is 1. The molecular formula is C20H26N4O3. The fraction of sp³-hybridized carbons (Fsp3) is 0.550. The molecule has 144 valence electrons. The fourth-order valence-corrected chi connectivity index (χ4v) is 4.38. The Hall–Kier alpha value is -2.25. The summed E-state index contributed by atoms with van der Waals surface area (Å²) >= 11 is 0. The van der Waals surface area contributed by atoms with E-state index in [1.807, 2.05) is 24.1 Å². The van der Waals surface area contributed by atoms with Gasteiger partial charge in [-0.05, 0) is 38.3 Å². The molecule has 0 aromatic carbocycles. The van der Waals surface area contributed by atoms with Crippen molar-refractivity contribution >= 4 is 5.91 Å². The highest BCUT2D eigenvalue weighted by molar-refractivity contribution is 5.96. The molecule has 0 unspecified atom stereocenters. The highest BCUT2D eigenvalue weighted by Gasteiger charge is 2.44. The molecule has 4 rings (SSSR count). The minimum Gasteiger partial charge on any atom is -0.378 e. The van der Waals surface area contributed by atoms with Crippen LogP contribution in [0, 0.1) is 13.8 Å². The molecule has 0 spiro atoms. The Morgan fingerprint density at radius 2 is 2.07 bits per heavy atom. The summed E-state index contributed by atoms with van der Waals surface area (Å²) in [5, 5.41) is 3.91. The fourth-order valence-electron chi connectivity index (χ4n) is 4.38. The topological polar surface area (TPSA) is 71.7 Å². The van der Waals surface area contributed by atoms with Crippen LogP contribution in [-0.2, 0) is 4.74 Å². The lowest BCUT2D eigenvalue weighted by atomic mass is 9.87. The summed E-state index contributed by atoms with van der Waals surface area (Å²) in [6.07, 6.45) is 5.85. The summed E-state index contributed by atoms with van der Waals surface area (Å²) in [5.41, 5.74) is 2.48. The van der Waals surface area contributed by atoms with Crippen molar-refractivity contribution in [2.24, 2.45) is 0 Å². The van der Waals surface area contributed by atoms with E-state index < -0.39 is 0 Å². The number of ether oxygens (including phenoxy) is 1. The number of piperidine rings is 1. The molecule has 2 fully saturated rings. The Morgan fingerprint density at radius 3 is 2.67 bits per heavy atom. The van der Waals surface area contributed by atoms with E-state index in [2.05, 4.69) is 21.1 Å². The first-order valence-corrected chi connectivity index (χ1v) is 9.50. The first-order chi connectivity index (χ1) is 13.1. The predicted molar refractivity (Wildman–Crippen MR) is 99.4 cm³/mol. The Morgan fingerprint density at radius 1 is 1.30 bits per heavy atom. The number of likely N-dealkylation sites (tertiary alicyclic amines) is 2. The van der Waals surface area contributed by atoms with Gasteiger partial charge in [-0.1, -0.05) is 11.2 Å². The van der Waals surface area contributed by atoms with Crippen LogP contribution in [-0.4, -0.2) is 64.7 Å². The summed E-state index contributed by atoms with van der Waals surface area (Å²) in [7, 11) is 1.77. The molecule has 2 aromatic rings. The van der Waals surface area contributed by atoms with Gasteiger partial charge in [0.05, 0.1) is 17.8 Å². The van der Waals surface area contributed by atoms with Crippen LogP contribution in [0.2, 0.25) is 0 Å². The van der Waals surface area contributed by atoms with Crippen molar-refractivity contribution in [3.63, 3.8) is 0 Å². The van der Waals surface area contributed by atoms with Crippen LogP contribution >= 0.6 is 0 Å². The van der Waals surface area contributed by atoms with Crippen molar-refractivity contribution in [1.82, 2.24) is 19.9 Å². The molecule has 2 aliphatic rings. The zero-order chi connectivity index (χ0) is 19.0. The average Bonchev–Trinajstić information content (AvgIpc) is 3.00. The zero-order valence-corrected chi connectivity index (χ0v) is 16.1. The number of aryl methyl sites for hydroxylation is 2. The monoisotopic (exact) mass is 370 g/mol. The van der Waals surface area contributed by atoms with E-state index in [1.54, 1.807) is 20.2 Å². The van der Waals surface area contributed by atoms with Crippen molar-refractivity contribution in [3.8, 4) is 0 Å². The van der Waals surface area contributed by atoms with E-state index >= 15 is 0 Å². The molecule has 2 aliphatic heterocycles. The number of nitrogens with zero attached hydrogens (tertiary/aromatic N) is 4. The lowest BCUT2D eigenvalue weighted by Gasteiger charge is -2.52. The van der Waals surface area contributed by atoms with Crippen molar-refractivity contribution < 1.29 is 14.1 Å². The van der Waals surface area contributed by atoms with Gasteiger partial charge >= 0.3 is 0 Å². The summed E-state index contributed by atoms with van der Waals surface area (Å²) in [5.74, 6) is 0.633. The molecule has 0 bridgehead atoms. The molecule has 2 saturated heterocycles. The van der Waals surface area contributed by atoms with Gasteiger partial charge < -0.3 is 14.2 Å². The third-order valence-corrected chi connectivity index (χ3v) is 5.90. The number of pyridine rings is 1. The second-order valence-corrected chi connectivity index (χ2v) is 7.42. The van der Waals surface area contributed by atoms with Crippen molar-refractivity contribution in [3.05, 3.63) is 47.1 Å². The number of hydrogen-bond acceptors (Lipinski definition) is 6. The molecule has 7 nitrogen and oxygen atoms in total. The quantitative estimate of drug-likeness (QED) is 0.823. The van der Waals surface area contributed by atoms with Gasteiger partial charge in [0.1, 0.15) is 11.3 Å². The van der Waals surface area contributed by atoms with Gasteiger partial charge in [-0.25, -0.2) is 0 Å². The van der Waals surface area contributed by atoms with E-state index in [0.717, 1.165) is 32.5 Å². The maximum atomic E-state index is 12.8. The van der Waals surface area contributed by atoms with E-state index in [0.29, 0.717) is 23.1 Å². The third kappa shape index (κ3) is 3.26. The molecule has 0 saturated carbocycles. The predicted octanol–water partition coefficient (Wildman–Crippen LogP) is 2.36. The zero-order valence-electron chi connectivity index (χ0n) is 16.1. The maximum Gasteiger partial charge on any atom is 0.259 e. The van der Waals surface area contributed by atoms with Gasteiger partial charge in [0.2, 0.25) is 0 Å². The number of methoxy groups -OCH3 is 1. The summed E-state index contributed by atoms with van der Waals surface area (Å²) in [6, 6.07) is 4.80. The van der Waals surface area contributed by atoms with Crippen molar-refractivity contribution in [2.75, 3.05) is 26.7 Å². The van der Waals surface area contributed by atoms with Gasteiger partial charge in [-0.2, -0.15) is 0 Å². The van der Waals surface area contributed by atoms with E-state index in [4.69, 9.17) is 9.26 Å². The molecule has 4 heterocycles. The summed E-state index contributed by atoms with van der Waals surface area (Å²) in [6.45, 7) is 6.05. The Bertz CT molecular complexity index is 779. The van der Waals surface area contributed by atoms with Crippen LogP contribution in [0.15, 0.2) is 29.0 Å².